The van der Waals surface area contributed by atoms with Crippen molar-refractivity contribution in [1.82, 2.24) is 5.43 Å². The largest absolute Gasteiger partial charge is 0.493 e. The van der Waals surface area contributed by atoms with E-state index in [0.717, 1.165) is 11.1 Å². The molecule has 0 radical (unpaired) electrons. The lowest BCUT2D eigenvalue weighted by molar-refractivity contribution is -0.136. The zero-order valence-corrected chi connectivity index (χ0v) is 19.5. The maximum absolute atomic E-state index is 12.3. The molecule has 0 atom stereocenters. The summed E-state index contributed by atoms with van der Waals surface area (Å²) in [4.78, 5) is 36.5. The van der Waals surface area contributed by atoms with Crippen LogP contribution < -0.4 is 20.2 Å². The highest BCUT2D eigenvalue weighted by atomic mass is 35.5. The van der Waals surface area contributed by atoms with E-state index in [-0.39, 0.29) is 11.5 Å². The molecule has 8 nitrogen and oxygen atoms in total. The molecule has 34 heavy (non-hydrogen) atoms. The van der Waals surface area contributed by atoms with Crippen LogP contribution in [-0.4, -0.2) is 31.1 Å². The number of carbonyl (C=O) groups is 3. The molecule has 0 aromatic heterocycles. The highest BCUT2D eigenvalue weighted by Crippen LogP contribution is 2.28. The van der Waals surface area contributed by atoms with Crippen LogP contribution in [0.2, 0.25) is 5.02 Å². The summed E-state index contributed by atoms with van der Waals surface area (Å²) in [5.74, 6) is -1.84. The Labute approximate surface area is 201 Å². The van der Waals surface area contributed by atoms with Gasteiger partial charge in [0.1, 0.15) is 0 Å². The van der Waals surface area contributed by atoms with Gasteiger partial charge < -0.3 is 14.8 Å². The molecular weight excluding hydrogens is 458 g/mol. The fourth-order valence-electron chi connectivity index (χ4n) is 2.86. The predicted octanol–water partition coefficient (Wildman–Crippen LogP) is 4.27. The zero-order valence-electron chi connectivity index (χ0n) is 18.7. The number of esters is 1. The average molecular weight is 480 g/mol. The zero-order chi connectivity index (χ0) is 24.7. The molecular formula is C25H22ClN3O5. The summed E-state index contributed by atoms with van der Waals surface area (Å²) in [7, 11) is 1.43. The van der Waals surface area contributed by atoms with Gasteiger partial charge in [0.15, 0.2) is 11.5 Å². The number of nitrogens with one attached hydrogen (secondary N) is 2. The molecule has 0 unspecified atom stereocenters. The number of hydrazone groups is 1. The van der Waals surface area contributed by atoms with Crippen LogP contribution in [0.25, 0.3) is 0 Å². The number of hydrogen-bond donors (Lipinski definition) is 2. The van der Waals surface area contributed by atoms with Crippen molar-refractivity contribution in [2.24, 2.45) is 5.10 Å². The van der Waals surface area contributed by atoms with Crippen molar-refractivity contribution in [1.29, 1.82) is 0 Å². The summed E-state index contributed by atoms with van der Waals surface area (Å²) in [6.45, 7) is 3.71. The number of anilines is 1. The molecule has 0 aliphatic carbocycles. The van der Waals surface area contributed by atoms with Gasteiger partial charge in [0.25, 0.3) is 0 Å². The number of benzene rings is 3. The first-order valence-corrected chi connectivity index (χ1v) is 10.5. The van der Waals surface area contributed by atoms with Gasteiger partial charge in [0.05, 0.1) is 18.9 Å². The van der Waals surface area contributed by atoms with Crippen molar-refractivity contribution in [2.45, 2.75) is 13.8 Å². The molecule has 2 amide bonds. The molecule has 0 spiro atoms. The lowest BCUT2D eigenvalue weighted by Crippen LogP contribution is -2.32. The molecule has 9 heteroatoms. The molecule has 0 fully saturated rings. The standard InChI is InChI=1S/C25H22ClN3O5/c1-15-4-5-16(2)20(12-15)28-23(30)24(31)29-27-14-17-6-11-21(22(13-17)33-3)34-25(32)18-7-9-19(26)10-8-18/h4-14H,1-3H3,(H,28,30)(H,29,31)/b27-14+. The van der Waals surface area contributed by atoms with Crippen LogP contribution in [0.4, 0.5) is 5.69 Å². The van der Waals surface area contributed by atoms with Crippen molar-refractivity contribution in [3.8, 4) is 11.5 Å². The molecule has 0 saturated heterocycles. The molecule has 3 rings (SSSR count). The second-order valence-electron chi connectivity index (χ2n) is 7.28. The summed E-state index contributed by atoms with van der Waals surface area (Å²) in [5, 5.41) is 6.87. The van der Waals surface area contributed by atoms with Gasteiger partial charge in [-0.3, -0.25) is 9.59 Å². The molecule has 0 aliphatic rings. The van der Waals surface area contributed by atoms with Crippen LogP contribution in [-0.2, 0) is 9.59 Å². The minimum Gasteiger partial charge on any atom is -0.493 e. The normalized spacial score (nSPS) is 10.6. The number of halogens is 1. The van der Waals surface area contributed by atoms with E-state index in [1.54, 1.807) is 42.5 Å². The molecule has 3 aromatic carbocycles. The number of methoxy groups -OCH3 is 1. The van der Waals surface area contributed by atoms with Crippen molar-refractivity contribution >= 4 is 41.3 Å². The van der Waals surface area contributed by atoms with Crippen molar-refractivity contribution in [2.75, 3.05) is 12.4 Å². The van der Waals surface area contributed by atoms with Gasteiger partial charge in [0, 0.05) is 10.7 Å². The Hall–Kier alpha value is -4.17. The average Bonchev–Trinajstić information content (AvgIpc) is 2.82. The Balaban J connectivity index is 1.61. The van der Waals surface area contributed by atoms with E-state index < -0.39 is 17.8 Å². The number of nitrogens with zero attached hydrogens (tertiary/aromatic N) is 1. The van der Waals surface area contributed by atoms with Crippen molar-refractivity contribution < 1.29 is 23.9 Å². The number of aryl methyl sites for hydroxylation is 2. The van der Waals surface area contributed by atoms with Crippen molar-refractivity contribution in [3.63, 3.8) is 0 Å². The Bertz CT molecular complexity index is 1260. The SMILES string of the molecule is COc1cc(/C=N/NC(=O)C(=O)Nc2cc(C)ccc2C)ccc1OC(=O)c1ccc(Cl)cc1. The molecule has 2 N–H and O–H groups in total. The maximum atomic E-state index is 12.3. The van der Waals surface area contributed by atoms with Gasteiger partial charge >= 0.3 is 17.8 Å². The summed E-state index contributed by atoms with van der Waals surface area (Å²) in [6.07, 6.45) is 1.33. The Morgan fingerprint density at radius 1 is 0.912 bits per heavy atom. The molecule has 0 heterocycles. The van der Waals surface area contributed by atoms with Gasteiger partial charge in [-0.25, -0.2) is 10.2 Å². The Morgan fingerprint density at radius 2 is 1.65 bits per heavy atom. The highest BCUT2D eigenvalue weighted by molar-refractivity contribution is 6.39. The van der Waals surface area contributed by atoms with Gasteiger partial charge in [-0.15, -0.1) is 0 Å². The lowest BCUT2D eigenvalue weighted by atomic mass is 10.1. The van der Waals surface area contributed by atoms with E-state index in [1.165, 1.54) is 19.4 Å². The van der Waals surface area contributed by atoms with Crippen molar-refractivity contribution in [3.05, 3.63) is 87.9 Å². The van der Waals surface area contributed by atoms with Crippen LogP contribution in [0.5, 0.6) is 11.5 Å². The smallest absolute Gasteiger partial charge is 0.343 e. The lowest BCUT2D eigenvalue weighted by Gasteiger charge is -2.10. The molecule has 0 bridgehead atoms. The minimum atomic E-state index is -0.919. The number of ether oxygens (including phenoxy) is 2. The van der Waals surface area contributed by atoms with Crippen LogP contribution in [0.15, 0.2) is 65.8 Å². The molecule has 3 aromatic rings. The second kappa shape index (κ2) is 11.1. The van der Waals surface area contributed by atoms with Crippen LogP contribution >= 0.6 is 11.6 Å². The van der Waals surface area contributed by atoms with E-state index >= 15 is 0 Å². The van der Waals surface area contributed by atoms with E-state index in [1.807, 2.05) is 26.0 Å². The number of hydrogen-bond acceptors (Lipinski definition) is 6. The van der Waals surface area contributed by atoms with Crippen LogP contribution in [0.3, 0.4) is 0 Å². The summed E-state index contributed by atoms with van der Waals surface area (Å²) in [6, 6.07) is 16.5. The summed E-state index contributed by atoms with van der Waals surface area (Å²) in [5.41, 5.74) is 5.39. The first-order valence-electron chi connectivity index (χ1n) is 10.1. The number of rotatable bonds is 6. The van der Waals surface area contributed by atoms with Crippen LogP contribution in [0.1, 0.15) is 27.0 Å². The molecule has 0 saturated carbocycles. The second-order valence-corrected chi connectivity index (χ2v) is 7.71. The van der Waals surface area contributed by atoms with Crippen LogP contribution in [0, 0.1) is 13.8 Å². The van der Waals surface area contributed by atoms with Gasteiger partial charge in [0.2, 0.25) is 0 Å². The fourth-order valence-corrected chi connectivity index (χ4v) is 2.99. The first kappa shape index (κ1) is 24.5. The maximum Gasteiger partial charge on any atom is 0.343 e. The molecule has 0 aliphatic heterocycles. The van der Waals surface area contributed by atoms with E-state index in [4.69, 9.17) is 21.1 Å². The Morgan fingerprint density at radius 3 is 2.35 bits per heavy atom. The van der Waals surface area contributed by atoms with Gasteiger partial charge in [-0.1, -0.05) is 23.7 Å². The van der Waals surface area contributed by atoms with Gasteiger partial charge in [-0.05, 0) is 79.1 Å². The number of amides is 2. The van der Waals surface area contributed by atoms with E-state index in [9.17, 15) is 14.4 Å². The highest BCUT2D eigenvalue weighted by Gasteiger charge is 2.15. The summed E-state index contributed by atoms with van der Waals surface area (Å²) >= 11 is 5.84. The third-order valence-electron chi connectivity index (χ3n) is 4.70. The fraction of sp³-hybridized carbons (Fsp3) is 0.120. The van der Waals surface area contributed by atoms with Gasteiger partial charge in [-0.2, -0.15) is 5.10 Å². The monoisotopic (exact) mass is 479 g/mol. The number of carbonyl (C=O) groups excluding carboxylic acids is 3. The molecule has 174 valence electrons. The third kappa shape index (κ3) is 6.43. The first-order chi connectivity index (χ1) is 16.3. The topological polar surface area (TPSA) is 106 Å². The minimum absolute atomic E-state index is 0.205. The third-order valence-corrected chi connectivity index (χ3v) is 4.95. The Kier molecular flexibility index (Phi) is 8.00. The quantitative estimate of drug-likeness (QED) is 0.180. The van der Waals surface area contributed by atoms with E-state index in [0.29, 0.717) is 21.8 Å². The predicted molar refractivity (Wildman–Crippen MR) is 130 cm³/mol. The van der Waals surface area contributed by atoms with E-state index in [2.05, 4.69) is 15.8 Å². The summed E-state index contributed by atoms with van der Waals surface area (Å²) < 4.78 is 10.7.